The van der Waals surface area contributed by atoms with Crippen molar-refractivity contribution in [1.29, 1.82) is 0 Å². The van der Waals surface area contributed by atoms with Crippen LogP contribution in [0.2, 0.25) is 0 Å². The summed E-state index contributed by atoms with van der Waals surface area (Å²) < 4.78 is 4.87. The van der Waals surface area contributed by atoms with Crippen LogP contribution < -0.4 is 5.32 Å². The predicted molar refractivity (Wildman–Crippen MR) is 55.0 cm³/mol. The van der Waals surface area contributed by atoms with Crippen LogP contribution in [0.15, 0.2) is 0 Å². The van der Waals surface area contributed by atoms with Crippen LogP contribution in [0.4, 0.5) is 0 Å². The van der Waals surface area contributed by atoms with Crippen molar-refractivity contribution in [2.75, 3.05) is 20.3 Å². The van der Waals surface area contributed by atoms with Gasteiger partial charge in [0.05, 0.1) is 19.3 Å². The van der Waals surface area contributed by atoms with Crippen molar-refractivity contribution in [2.24, 2.45) is 5.41 Å². The Bertz CT molecular complexity index is 180. The maximum absolute atomic E-state index is 11.7. The summed E-state index contributed by atoms with van der Waals surface area (Å²) in [5.41, 5.74) is -0.388. The average molecular weight is 203 g/mol. The van der Waals surface area contributed by atoms with Crippen LogP contribution in [0.3, 0.4) is 0 Å². The molecule has 0 saturated carbocycles. The Labute approximate surface area is 85.6 Å². The van der Waals surface area contributed by atoms with Crippen LogP contribution in [-0.2, 0) is 9.53 Å². The van der Waals surface area contributed by atoms with Gasteiger partial charge in [-0.3, -0.25) is 4.79 Å². The second kappa shape index (κ2) is 5.98. The molecule has 1 amide bonds. The molecule has 84 valence electrons. The molecule has 0 spiro atoms. The molecular formula is C10H21NO3. The lowest BCUT2D eigenvalue weighted by Gasteiger charge is -2.25. The van der Waals surface area contributed by atoms with Crippen LogP contribution in [0, 0.1) is 5.41 Å². The molecule has 0 bridgehead atoms. The second-order valence-corrected chi connectivity index (χ2v) is 4.05. The zero-order valence-corrected chi connectivity index (χ0v) is 9.46. The van der Waals surface area contributed by atoms with E-state index in [1.807, 2.05) is 20.8 Å². The number of methoxy groups -OCH3 is 1. The first-order valence-electron chi connectivity index (χ1n) is 4.88. The minimum Gasteiger partial charge on any atom is -0.394 e. The van der Waals surface area contributed by atoms with Gasteiger partial charge in [0.1, 0.15) is 0 Å². The van der Waals surface area contributed by atoms with Crippen LogP contribution in [-0.4, -0.2) is 37.4 Å². The molecule has 0 aliphatic rings. The van der Waals surface area contributed by atoms with Gasteiger partial charge in [0.25, 0.3) is 0 Å². The fraction of sp³-hybridized carbons (Fsp3) is 0.900. The number of rotatable bonds is 6. The topological polar surface area (TPSA) is 58.6 Å². The SMILES string of the molecule is CCC(C)(C)C(=O)NC(CO)COC. The van der Waals surface area contributed by atoms with E-state index < -0.39 is 0 Å². The van der Waals surface area contributed by atoms with Gasteiger partial charge in [-0.2, -0.15) is 0 Å². The van der Waals surface area contributed by atoms with E-state index in [0.717, 1.165) is 6.42 Å². The maximum atomic E-state index is 11.7. The molecule has 0 aromatic carbocycles. The van der Waals surface area contributed by atoms with E-state index in [1.54, 1.807) is 7.11 Å². The highest BCUT2D eigenvalue weighted by Gasteiger charge is 2.26. The van der Waals surface area contributed by atoms with E-state index in [9.17, 15) is 4.79 Å². The lowest BCUT2D eigenvalue weighted by Crippen LogP contribution is -2.46. The third kappa shape index (κ3) is 4.07. The highest BCUT2D eigenvalue weighted by molar-refractivity contribution is 5.82. The number of amides is 1. The van der Waals surface area contributed by atoms with Crippen molar-refractivity contribution >= 4 is 5.91 Å². The summed E-state index contributed by atoms with van der Waals surface area (Å²) in [6.07, 6.45) is 0.768. The molecule has 0 rings (SSSR count). The third-order valence-electron chi connectivity index (χ3n) is 2.42. The number of carbonyl (C=O) groups excluding carboxylic acids is 1. The minimum absolute atomic E-state index is 0.0453. The Morgan fingerprint density at radius 2 is 2.14 bits per heavy atom. The monoisotopic (exact) mass is 203 g/mol. The van der Waals surface area contributed by atoms with Crippen LogP contribution in [0.1, 0.15) is 27.2 Å². The van der Waals surface area contributed by atoms with E-state index in [1.165, 1.54) is 0 Å². The molecule has 0 radical (unpaired) electrons. The van der Waals surface area contributed by atoms with Gasteiger partial charge in [0, 0.05) is 12.5 Å². The second-order valence-electron chi connectivity index (χ2n) is 4.05. The van der Waals surface area contributed by atoms with Gasteiger partial charge in [-0.15, -0.1) is 0 Å². The number of aliphatic hydroxyl groups excluding tert-OH is 1. The summed E-state index contributed by atoms with van der Waals surface area (Å²) in [6.45, 7) is 5.96. The van der Waals surface area contributed by atoms with Gasteiger partial charge in [-0.1, -0.05) is 20.8 Å². The standard InChI is InChI=1S/C10H21NO3/c1-5-10(2,3)9(13)11-8(6-12)7-14-4/h8,12H,5-7H2,1-4H3,(H,11,13). The molecule has 0 aliphatic heterocycles. The van der Waals surface area contributed by atoms with Gasteiger partial charge in [0.15, 0.2) is 0 Å². The van der Waals surface area contributed by atoms with E-state index in [2.05, 4.69) is 5.32 Å². The summed E-state index contributed by atoms with van der Waals surface area (Å²) >= 11 is 0. The van der Waals surface area contributed by atoms with Crippen LogP contribution >= 0.6 is 0 Å². The summed E-state index contributed by atoms with van der Waals surface area (Å²) in [6, 6.07) is -0.307. The number of aliphatic hydroxyl groups is 1. The molecule has 0 fully saturated rings. The van der Waals surface area contributed by atoms with Crippen molar-refractivity contribution in [3.05, 3.63) is 0 Å². The third-order valence-corrected chi connectivity index (χ3v) is 2.42. The molecule has 1 unspecified atom stereocenters. The van der Waals surface area contributed by atoms with E-state index in [4.69, 9.17) is 9.84 Å². The quantitative estimate of drug-likeness (QED) is 0.662. The smallest absolute Gasteiger partial charge is 0.226 e. The van der Waals surface area contributed by atoms with Gasteiger partial charge in [-0.25, -0.2) is 0 Å². The Balaban J connectivity index is 4.15. The maximum Gasteiger partial charge on any atom is 0.226 e. The van der Waals surface area contributed by atoms with Gasteiger partial charge in [0.2, 0.25) is 5.91 Å². The lowest BCUT2D eigenvalue weighted by atomic mass is 9.89. The summed E-state index contributed by atoms with van der Waals surface area (Å²) in [5, 5.41) is 11.7. The molecule has 0 aromatic heterocycles. The zero-order valence-electron chi connectivity index (χ0n) is 9.46. The van der Waals surface area contributed by atoms with Crippen molar-refractivity contribution in [3.8, 4) is 0 Å². The molecule has 1 atom stereocenters. The molecule has 2 N–H and O–H groups in total. The van der Waals surface area contributed by atoms with Crippen molar-refractivity contribution in [2.45, 2.75) is 33.2 Å². The number of carbonyl (C=O) groups is 1. The number of nitrogens with one attached hydrogen (secondary N) is 1. The normalized spacial score (nSPS) is 13.8. The van der Waals surface area contributed by atoms with Gasteiger partial charge < -0.3 is 15.2 Å². The summed E-state index contributed by atoms with van der Waals surface area (Å²) in [7, 11) is 1.54. The molecule has 0 heterocycles. The van der Waals surface area contributed by atoms with E-state index in [0.29, 0.717) is 6.61 Å². The Kier molecular flexibility index (Phi) is 5.72. The van der Waals surface area contributed by atoms with Crippen molar-refractivity contribution in [3.63, 3.8) is 0 Å². The number of hydrogen-bond acceptors (Lipinski definition) is 3. The molecule has 0 aliphatic carbocycles. The van der Waals surface area contributed by atoms with Gasteiger partial charge >= 0.3 is 0 Å². The molecule has 14 heavy (non-hydrogen) atoms. The molecule has 4 nitrogen and oxygen atoms in total. The first kappa shape index (κ1) is 13.4. The zero-order chi connectivity index (χ0) is 11.2. The largest absolute Gasteiger partial charge is 0.394 e. The molecule has 4 heteroatoms. The fourth-order valence-electron chi connectivity index (χ4n) is 0.883. The van der Waals surface area contributed by atoms with E-state index in [-0.39, 0.29) is 24.0 Å². The average Bonchev–Trinajstić information content (AvgIpc) is 2.16. The van der Waals surface area contributed by atoms with Crippen molar-refractivity contribution < 1.29 is 14.6 Å². The Morgan fingerprint density at radius 3 is 2.50 bits per heavy atom. The first-order chi connectivity index (χ1) is 6.47. The minimum atomic E-state index is -0.388. The number of hydrogen-bond donors (Lipinski definition) is 2. The van der Waals surface area contributed by atoms with Gasteiger partial charge in [-0.05, 0) is 6.42 Å². The molecule has 0 aromatic rings. The van der Waals surface area contributed by atoms with Crippen LogP contribution in [0.25, 0.3) is 0 Å². The molecule has 0 saturated heterocycles. The Hall–Kier alpha value is -0.610. The first-order valence-corrected chi connectivity index (χ1v) is 4.88. The van der Waals surface area contributed by atoms with E-state index >= 15 is 0 Å². The lowest BCUT2D eigenvalue weighted by molar-refractivity contribution is -0.131. The summed E-state index contributed by atoms with van der Waals surface area (Å²) in [4.78, 5) is 11.7. The Morgan fingerprint density at radius 1 is 1.57 bits per heavy atom. The van der Waals surface area contributed by atoms with Crippen molar-refractivity contribution in [1.82, 2.24) is 5.32 Å². The highest BCUT2D eigenvalue weighted by atomic mass is 16.5. The number of ether oxygens (including phenoxy) is 1. The highest BCUT2D eigenvalue weighted by Crippen LogP contribution is 2.19. The fourth-order valence-corrected chi connectivity index (χ4v) is 0.883. The molecular weight excluding hydrogens is 182 g/mol. The summed E-state index contributed by atoms with van der Waals surface area (Å²) in [5.74, 6) is -0.0453. The van der Waals surface area contributed by atoms with Crippen LogP contribution in [0.5, 0.6) is 0 Å². The predicted octanol–water partition coefficient (Wildman–Crippen LogP) is 0.546.